The highest BCUT2D eigenvalue weighted by atomic mass is 16.3. The van der Waals surface area contributed by atoms with Gasteiger partial charge in [-0.05, 0) is 60.5 Å². The number of nitrogens with one attached hydrogen (secondary N) is 1. The molecule has 2 aromatic rings. The summed E-state index contributed by atoms with van der Waals surface area (Å²) in [4.78, 5) is 0. The molecule has 2 aromatic carbocycles. The SMILES string of the molecule is Oc1ccc(CCNCc2ccccc2C2CC2)cc1. The first-order chi connectivity index (χ1) is 9.83. The van der Waals surface area contributed by atoms with Crippen LogP contribution in [0.15, 0.2) is 48.5 Å². The van der Waals surface area contributed by atoms with E-state index in [2.05, 4.69) is 29.6 Å². The van der Waals surface area contributed by atoms with Gasteiger partial charge in [0, 0.05) is 6.54 Å². The van der Waals surface area contributed by atoms with Crippen molar-refractivity contribution < 1.29 is 5.11 Å². The molecular weight excluding hydrogens is 246 g/mol. The summed E-state index contributed by atoms with van der Waals surface area (Å²) >= 11 is 0. The Morgan fingerprint density at radius 2 is 1.75 bits per heavy atom. The molecule has 3 rings (SSSR count). The molecule has 1 fully saturated rings. The molecule has 0 amide bonds. The van der Waals surface area contributed by atoms with Crippen molar-refractivity contribution in [2.45, 2.75) is 31.7 Å². The second-order valence-corrected chi connectivity index (χ2v) is 5.57. The Labute approximate surface area is 120 Å². The number of benzene rings is 2. The van der Waals surface area contributed by atoms with Gasteiger partial charge in [0.1, 0.15) is 5.75 Å². The van der Waals surface area contributed by atoms with Crippen molar-refractivity contribution in [2.75, 3.05) is 6.54 Å². The van der Waals surface area contributed by atoms with E-state index in [1.54, 1.807) is 12.1 Å². The van der Waals surface area contributed by atoms with E-state index in [1.807, 2.05) is 12.1 Å². The maximum absolute atomic E-state index is 9.25. The van der Waals surface area contributed by atoms with Crippen LogP contribution in [0.1, 0.15) is 35.4 Å². The van der Waals surface area contributed by atoms with Crippen LogP contribution in [-0.2, 0) is 13.0 Å². The fourth-order valence-corrected chi connectivity index (χ4v) is 2.61. The molecule has 0 radical (unpaired) electrons. The lowest BCUT2D eigenvalue weighted by molar-refractivity contribution is 0.475. The van der Waals surface area contributed by atoms with Crippen LogP contribution in [0.3, 0.4) is 0 Å². The van der Waals surface area contributed by atoms with Crippen molar-refractivity contribution in [1.29, 1.82) is 0 Å². The zero-order valence-corrected chi connectivity index (χ0v) is 11.7. The molecule has 104 valence electrons. The van der Waals surface area contributed by atoms with Crippen LogP contribution in [0.25, 0.3) is 0 Å². The summed E-state index contributed by atoms with van der Waals surface area (Å²) in [6, 6.07) is 16.2. The predicted molar refractivity (Wildman–Crippen MR) is 81.9 cm³/mol. The van der Waals surface area contributed by atoms with Crippen molar-refractivity contribution in [3.8, 4) is 5.75 Å². The number of phenols is 1. The molecule has 0 atom stereocenters. The number of hydrogen-bond acceptors (Lipinski definition) is 2. The Bertz CT molecular complexity index is 558. The van der Waals surface area contributed by atoms with Crippen molar-refractivity contribution in [2.24, 2.45) is 0 Å². The highest BCUT2D eigenvalue weighted by molar-refractivity contribution is 5.33. The predicted octanol–water partition coefficient (Wildman–Crippen LogP) is 3.60. The summed E-state index contributed by atoms with van der Waals surface area (Å²) in [5, 5.41) is 12.8. The Kier molecular flexibility index (Phi) is 4.03. The minimum absolute atomic E-state index is 0.333. The number of phenolic OH excluding ortho intramolecular Hbond substituents is 1. The first kappa shape index (κ1) is 13.2. The molecule has 2 nitrogen and oxygen atoms in total. The largest absolute Gasteiger partial charge is 0.508 e. The molecule has 1 aliphatic carbocycles. The summed E-state index contributed by atoms with van der Waals surface area (Å²) in [6.45, 7) is 1.91. The number of hydrogen-bond donors (Lipinski definition) is 2. The Balaban J connectivity index is 1.49. The molecule has 0 aliphatic heterocycles. The second-order valence-electron chi connectivity index (χ2n) is 5.57. The van der Waals surface area contributed by atoms with Gasteiger partial charge in [-0.25, -0.2) is 0 Å². The monoisotopic (exact) mass is 267 g/mol. The fraction of sp³-hybridized carbons (Fsp3) is 0.333. The smallest absolute Gasteiger partial charge is 0.115 e. The van der Waals surface area contributed by atoms with E-state index in [-0.39, 0.29) is 0 Å². The lowest BCUT2D eigenvalue weighted by atomic mass is 10.0. The van der Waals surface area contributed by atoms with Gasteiger partial charge in [0.2, 0.25) is 0 Å². The van der Waals surface area contributed by atoms with Gasteiger partial charge in [-0.1, -0.05) is 36.4 Å². The van der Waals surface area contributed by atoms with Crippen LogP contribution >= 0.6 is 0 Å². The molecule has 0 heterocycles. The minimum atomic E-state index is 0.333. The molecule has 0 saturated heterocycles. The second kappa shape index (κ2) is 6.10. The molecule has 0 unspecified atom stereocenters. The maximum Gasteiger partial charge on any atom is 0.115 e. The quantitative estimate of drug-likeness (QED) is 0.784. The Hall–Kier alpha value is -1.80. The van der Waals surface area contributed by atoms with Crippen LogP contribution in [-0.4, -0.2) is 11.7 Å². The highest BCUT2D eigenvalue weighted by Crippen LogP contribution is 2.41. The molecule has 1 saturated carbocycles. The highest BCUT2D eigenvalue weighted by Gasteiger charge is 2.25. The van der Waals surface area contributed by atoms with E-state index in [1.165, 1.54) is 29.5 Å². The lowest BCUT2D eigenvalue weighted by Crippen LogP contribution is -2.17. The normalized spacial score (nSPS) is 14.4. The lowest BCUT2D eigenvalue weighted by Gasteiger charge is -2.10. The summed E-state index contributed by atoms with van der Waals surface area (Å²) < 4.78 is 0. The Morgan fingerprint density at radius 3 is 2.50 bits per heavy atom. The van der Waals surface area contributed by atoms with Gasteiger partial charge in [-0.2, -0.15) is 0 Å². The molecule has 1 aliphatic rings. The van der Waals surface area contributed by atoms with Crippen LogP contribution < -0.4 is 5.32 Å². The molecule has 2 N–H and O–H groups in total. The van der Waals surface area contributed by atoms with E-state index >= 15 is 0 Å². The van der Waals surface area contributed by atoms with E-state index in [0.29, 0.717) is 5.75 Å². The van der Waals surface area contributed by atoms with Gasteiger partial charge in [0.05, 0.1) is 0 Å². The molecule has 0 spiro atoms. The van der Waals surface area contributed by atoms with Gasteiger partial charge in [0.25, 0.3) is 0 Å². The summed E-state index contributed by atoms with van der Waals surface area (Å²) in [7, 11) is 0. The van der Waals surface area contributed by atoms with Crippen molar-refractivity contribution >= 4 is 0 Å². The topological polar surface area (TPSA) is 32.3 Å². The van der Waals surface area contributed by atoms with E-state index in [0.717, 1.165) is 25.4 Å². The third-order valence-corrected chi connectivity index (χ3v) is 3.91. The third-order valence-electron chi connectivity index (χ3n) is 3.91. The zero-order chi connectivity index (χ0) is 13.8. The van der Waals surface area contributed by atoms with Gasteiger partial charge in [0.15, 0.2) is 0 Å². The Morgan fingerprint density at radius 1 is 1.00 bits per heavy atom. The van der Waals surface area contributed by atoms with Crippen molar-refractivity contribution in [3.05, 3.63) is 65.2 Å². The molecule has 0 aromatic heterocycles. The van der Waals surface area contributed by atoms with Gasteiger partial charge >= 0.3 is 0 Å². The van der Waals surface area contributed by atoms with E-state index < -0.39 is 0 Å². The number of rotatable bonds is 6. The number of aromatic hydroxyl groups is 1. The average molecular weight is 267 g/mol. The van der Waals surface area contributed by atoms with Crippen LogP contribution in [0, 0.1) is 0 Å². The van der Waals surface area contributed by atoms with Crippen LogP contribution in [0.2, 0.25) is 0 Å². The molecule has 0 bridgehead atoms. The zero-order valence-electron chi connectivity index (χ0n) is 11.7. The van der Waals surface area contributed by atoms with Crippen molar-refractivity contribution in [1.82, 2.24) is 5.32 Å². The summed E-state index contributed by atoms with van der Waals surface area (Å²) in [6.07, 6.45) is 3.70. The van der Waals surface area contributed by atoms with Gasteiger partial charge < -0.3 is 10.4 Å². The molecule has 2 heteroatoms. The van der Waals surface area contributed by atoms with Crippen molar-refractivity contribution in [3.63, 3.8) is 0 Å². The molecular formula is C18H21NO. The average Bonchev–Trinajstić information content (AvgIpc) is 3.30. The van der Waals surface area contributed by atoms with Crippen LogP contribution in [0.4, 0.5) is 0 Å². The van der Waals surface area contributed by atoms with E-state index in [4.69, 9.17) is 0 Å². The van der Waals surface area contributed by atoms with E-state index in [9.17, 15) is 5.11 Å². The van der Waals surface area contributed by atoms with Gasteiger partial charge in [-0.3, -0.25) is 0 Å². The first-order valence-corrected chi connectivity index (χ1v) is 7.39. The minimum Gasteiger partial charge on any atom is -0.508 e. The third kappa shape index (κ3) is 3.40. The maximum atomic E-state index is 9.25. The first-order valence-electron chi connectivity index (χ1n) is 7.39. The van der Waals surface area contributed by atoms with Gasteiger partial charge in [-0.15, -0.1) is 0 Å². The van der Waals surface area contributed by atoms with Crippen LogP contribution in [0.5, 0.6) is 5.75 Å². The fourth-order valence-electron chi connectivity index (χ4n) is 2.61. The summed E-state index contributed by atoms with van der Waals surface area (Å²) in [5.41, 5.74) is 4.23. The standard InChI is InChI=1S/C18H21NO/c20-17-9-5-14(6-10-17)11-12-19-13-16-3-1-2-4-18(16)15-7-8-15/h1-6,9-10,15,19-20H,7-8,11-13H2. The molecule has 20 heavy (non-hydrogen) atoms. The summed E-state index contributed by atoms with van der Waals surface area (Å²) in [5.74, 6) is 1.14.